The van der Waals surface area contributed by atoms with Crippen molar-refractivity contribution in [3.63, 3.8) is 0 Å². The molecule has 1 aliphatic heterocycles. The highest BCUT2D eigenvalue weighted by Gasteiger charge is 2.39. The van der Waals surface area contributed by atoms with E-state index in [0.29, 0.717) is 29.9 Å². The van der Waals surface area contributed by atoms with Crippen LogP contribution in [0, 0.1) is 0 Å². The van der Waals surface area contributed by atoms with Crippen LogP contribution in [-0.2, 0) is 0 Å². The first-order valence-electron chi connectivity index (χ1n) is 11.0. The summed E-state index contributed by atoms with van der Waals surface area (Å²) in [7, 11) is 0. The van der Waals surface area contributed by atoms with Crippen molar-refractivity contribution < 1.29 is 30.3 Å². The van der Waals surface area contributed by atoms with Crippen LogP contribution < -0.4 is 4.74 Å². The lowest BCUT2D eigenvalue weighted by Crippen LogP contribution is -2.11. The molecule has 6 nitrogen and oxygen atoms in total. The molecule has 2 atom stereocenters. The summed E-state index contributed by atoms with van der Waals surface area (Å²) in [5.41, 5.74) is 4.04. The van der Waals surface area contributed by atoms with Crippen LogP contribution in [0.15, 0.2) is 84.2 Å². The van der Waals surface area contributed by atoms with Gasteiger partial charge in [-0.05, 0) is 65.1 Å². The minimum Gasteiger partial charge on any atom is -0.512 e. The van der Waals surface area contributed by atoms with Crippen LogP contribution in [-0.4, -0.2) is 25.5 Å². The van der Waals surface area contributed by atoms with Crippen molar-refractivity contribution in [2.75, 3.05) is 0 Å². The van der Waals surface area contributed by atoms with Gasteiger partial charge in [-0.1, -0.05) is 30.4 Å². The van der Waals surface area contributed by atoms with Crippen molar-refractivity contribution in [3.8, 4) is 28.7 Å². The highest BCUT2D eigenvalue weighted by Crippen LogP contribution is 2.53. The van der Waals surface area contributed by atoms with Gasteiger partial charge in [0.1, 0.15) is 34.9 Å². The number of ether oxygens (including phenoxy) is 1. The molecule has 0 unspecified atom stereocenters. The van der Waals surface area contributed by atoms with Crippen LogP contribution in [0.1, 0.15) is 47.1 Å². The van der Waals surface area contributed by atoms with E-state index in [9.17, 15) is 25.5 Å². The van der Waals surface area contributed by atoms with Crippen molar-refractivity contribution >= 4 is 6.08 Å². The first kappa shape index (κ1) is 21.5. The van der Waals surface area contributed by atoms with Crippen molar-refractivity contribution in [3.05, 3.63) is 106 Å². The number of hydrogen-bond acceptors (Lipinski definition) is 6. The van der Waals surface area contributed by atoms with Gasteiger partial charge in [0.15, 0.2) is 0 Å². The Bertz CT molecular complexity index is 1310. The molecule has 34 heavy (non-hydrogen) atoms. The molecule has 5 N–H and O–H groups in total. The quantitative estimate of drug-likeness (QED) is 0.332. The molecule has 0 amide bonds. The van der Waals surface area contributed by atoms with E-state index in [0.717, 1.165) is 22.3 Å². The molecule has 1 aliphatic carbocycles. The van der Waals surface area contributed by atoms with E-state index < -0.39 is 12.0 Å². The molecular formula is C28H24O6. The molecule has 0 radical (unpaired) electrons. The Hall–Kier alpha value is -4.32. The zero-order valence-electron chi connectivity index (χ0n) is 18.2. The molecule has 5 rings (SSSR count). The maximum absolute atomic E-state index is 10.4. The average molecular weight is 456 g/mol. The van der Waals surface area contributed by atoms with Gasteiger partial charge < -0.3 is 30.3 Å². The van der Waals surface area contributed by atoms with Crippen molar-refractivity contribution in [2.24, 2.45) is 0 Å². The van der Waals surface area contributed by atoms with Crippen LogP contribution in [0.5, 0.6) is 28.7 Å². The molecule has 0 saturated carbocycles. The van der Waals surface area contributed by atoms with Crippen LogP contribution in [0.25, 0.3) is 6.08 Å². The molecule has 1 heterocycles. The van der Waals surface area contributed by atoms with E-state index in [-0.39, 0.29) is 23.0 Å². The number of aliphatic hydroxyl groups excluding tert-OH is 1. The van der Waals surface area contributed by atoms with Gasteiger partial charge in [0.25, 0.3) is 0 Å². The first-order chi connectivity index (χ1) is 16.4. The number of benzene rings is 3. The summed E-state index contributed by atoms with van der Waals surface area (Å²) in [5.74, 6) is 0.503. The number of hydrogen-bond donors (Lipinski definition) is 5. The lowest BCUT2D eigenvalue weighted by atomic mass is 9.82. The molecule has 6 heteroatoms. The molecule has 3 aromatic carbocycles. The molecule has 172 valence electrons. The lowest BCUT2D eigenvalue weighted by molar-refractivity contribution is 0.221. The highest BCUT2D eigenvalue weighted by atomic mass is 16.5. The Morgan fingerprint density at radius 1 is 0.676 bits per heavy atom. The number of rotatable bonds is 4. The largest absolute Gasteiger partial charge is 0.512 e. The molecule has 2 aliphatic rings. The van der Waals surface area contributed by atoms with Crippen LogP contribution in [0.4, 0.5) is 0 Å². The SMILES string of the molecule is OC1=CC=C(/C=C/c2cc(O)cc3c2[C@H](c2cc(O)cc(O)c2)[C@@H](c2ccc(O)cc2)O3)CC1. The standard InChI is InChI=1S/C28H24O6/c29-20-7-2-16(3-8-20)1-4-18-11-24(33)15-25-26(18)27(19-12-22(31)14-23(32)13-19)28(34-25)17-5-9-21(30)10-6-17/h1-2,4-7,9-15,27-33H,3,8H2/b4-1+/t27-,28+/m0/s1. The first-order valence-corrected chi connectivity index (χ1v) is 11.0. The Balaban J connectivity index is 1.65. The van der Waals surface area contributed by atoms with Gasteiger partial charge in [0.2, 0.25) is 0 Å². The number of phenolic OH excluding ortho intramolecular Hbond substituents is 4. The summed E-state index contributed by atoms with van der Waals surface area (Å²) in [4.78, 5) is 0. The second kappa shape index (κ2) is 8.56. The smallest absolute Gasteiger partial charge is 0.135 e. The predicted octanol–water partition coefficient (Wildman–Crippen LogP) is 5.95. The van der Waals surface area contributed by atoms with Gasteiger partial charge >= 0.3 is 0 Å². The summed E-state index contributed by atoms with van der Waals surface area (Å²) >= 11 is 0. The summed E-state index contributed by atoms with van der Waals surface area (Å²) in [6.45, 7) is 0. The molecule has 0 aromatic heterocycles. The molecule has 0 saturated heterocycles. The topological polar surface area (TPSA) is 110 Å². The maximum Gasteiger partial charge on any atom is 0.135 e. The third-order valence-corrected chi connectivity index (χ3v) is 6.17. The van der Waals surface area contributed by atoms with Gasteiger partial charge in [0.05, 0.1) is 11.7 Å². The minimum absolute atomic E-state index is 0.0532. The van der Waals surface area contributed by atoms with E-state index in [2.05, 4.69) is 0 Å². The number of fused-ring (bicyclic) bond motifs is 1. The third kappa shape index (κ3) is 4.18. The Kier molecular flexibility index (Phi) is 5.42. The summed E-state index contributed by atoms with van der Waals surface area (Å²) in [5, 5.41) is 50.1. The van der Waals surface area contributed by atoms with Crippen molar-refractivity contribution in [2.45, 2.75) is 24.9 Å². The maximum atomic E-state index is 10.4. The molecular weight excluding hydrogens is 432 g/mol. The van der Waals surface area contributed by atoms with Gasteiger partial charge in [-0.2, -0.15) is 0 Å². The average Bonchev–Trinajstić information content (AvgIpc) is 3.17. The van der Waals surface area contributed by atoms with E-state index in [1.54, 1.807) is 54.6 Å². The second-order valence-electron chi connectivity index (χ2n) is 8.57. The zero-order valence-corrected chi connectivity index (χ0v) is 18.2. The summed E-state index contributed by atoms with van der Waals surface area (Å²) in [6, 6.07) is 14.4. The van der Waals surface area contributed by atoms with Crippen LogP contribution in [0.3, 0.4) is 0 Å². The van der Waals surface area contributed by atoms with Gasteiger partial charge in [0, 0.05) is 24.1 Å². The summed E-state index contributed by atoms with van der Waals surface area (Å²) in [6.07, 6.45) is 8.15. The second-order valence-corrected chi connectivity index (χ2v) is 8.57. The Labute approximate surface area is 196 Å². The van der Waals surface area contributed by atoms with Gasteiger partial charge in [-0.25, -0.2) is 0 Å². The Morgan fingerprint density at radius 2 is 1.38 bits per heavy atom. The minimum atomic E-state index is -0.514. The predicted molar refractivity (Wildman–Crippen MR) is 128 cm³/mol. The van der Waals surface area contributed by atoms with Crippen molar-refractivity contribution in [1.82, 2.24) is 0 Å². The van der Waals surface area contributed by atoms with E-state index in [1.807, 2.05) is 18.2 Å². The number of aromatic hydroxyl groups is 4. The van der Waals surface area contributed by atoms with E-state index >= 15 is 0 Å². The molecule has 0 bridgehead atoms. The van der Waals surface area contributed by atoms with Crippen LogP contribution in [0.2, 0.25) is 0 Å². The highest BCUT2D eigenvalue weighted by molar-refractivity contribution is 5.67. The normalized spacial score (nSPS) is 19.4. The monoisotopic (exact) mass is 456 g/mol. The third-order valence-electron chi connectivity index (χ3n) is 6.17. The van der Waals surface area contributed by atoms with Crippen LogP contribution >= 0.6 is 0 Å². The van der Waals surface area contributed by atoms with E-state index in [4.69, 9.17) is 4.74 Å². The number of allylic oxidation sites excluding steroid dienone is 5. The lowest BCUT2D eigenvalue weighted by Gasteiger charge is -2.21. The summed E-state index contributed by atoms with van der Waals surface area (Å²) < 4.78 is 6.31. The molecule has 0 fully saturated rings. The number of aliphatic hydroxyl groups is 1. The van der Waals surface area contributed by atoms with Gasteiger partial charge in [-0.3, -0.25) is 0 Å². The number of phenols is 4. The van der Waals surface area contributed by atoms with Crippen molar-refractivity contribution in [1.29, 1.82) is 0 Å². The fourth-order valence-electron chi connectivity index (χ4n) is 4.60. The molecule has 3 aromatic rings. The van der Waals surface area contributed by atoms with Gasteiger partial charge in [-0.15, -0.1) is 0 Å². The molecule has 0 spiro atoms. The fraction of sp³-hybridized carbons (Fsp3) is 0.143. The van der Waals surface area contributed by atoms with E-state index in [1.165, 1.54) is 6.07 Å². The Morgan fingerprint density at radius 3 is 2.06 bits per heavy atom. The zero-order chi connectivity index (χ0) is 23.8. The fourth-order valence-corrected chi connectivity index (χ4v) is 4.60.